The fraction of sp³-hybridized carbons (Fsp3) is 0.533. The van der Waals surface area contributed by atoms with Gasteiger partial charge in [0.25, 0.3) is 0 Å². The molecule has 0 aliphatic heterocycles. The standard InChI is InChI=1S/C15H23N3/c1-11(2)9-15-17-13-7-6-12(5-4-8-16-3)10-14(13)18-15/h6-7,10-11,16H,4-5,8-9H2,1-3H3,(H,17,18). The summed E-state index contributed by atoms with van der Waals surface area (Å²) >= 11 is 0. The van der Waals surface area contributed by atoms with Gasteiger partial charge < -0.3 is 10.3 Å². The summed E-state index contributed by atoms with van der Waals surface area (Å²) in [7, 11) is 2.00. The van der Waals surface area contributed by atoms with Gasteiger partial charge in [0, 0.05) is 6.42 Å². The van der Waals surface area contributed by atoms with Gasteiger partial charge in [-0.25, -0.2) is 4.98 Å². The van der Waals surface area contributed by atoms with Gasteiger partial charge in [-0.05, 0) is 50.0 Å². The van der Waals surface area contributed by atoms with E-state index in [1.54, 1.807) is 0 Å². The highest BCUT2D eigenvalue weighted by atomic mass is 14.9. The summed E-state index contributed by atoms with van der Waals surface area (Å²) in [5, 5.41) is 3.18. The number of rotatable bonds is 6. The molecular formula is C15H23N3. The molecule has 2 rings (SSSR count). The Labute approximate surface area is 109 Å². The first-order chi connectivity index (χ1) is 8.69. The number of H-pyrrole nitrogens is 1. The lowest BCUT2D eigenvalue weighted by Crippen LogP contribution is -2.08. The largest absolute Gasteiger partial charge is 0.342 e. The van der Waals surface area contributed by atoms with E-state index in [2.05, 4.69) is 47.3 Å². The molecule has 2 N–H and O–H groups in total. The summed E-state index contributed by atoms with van der Waals surface area (Å²) in [6.45, 7) is 5.51. The molecule has 98 valence electrons. The number of hydrogen-bond acceptors (Lipinski definition) is 2. The predicted molar refractivity (Wildman–Crippen MR) is 76.9 cm³/mol. The second-order valence-corrected chi connectivity index (χ2v) is 5.34. The van der Waals surface area contributed by atoms with Crippen LogP contribution in [0.4, 0.5) is 0 Å². The van der Waals surface area contributed by atoms with Gasteiger partial charge in [-0.1, -0.05) is 19.9 Å². The van der Waals surface area contributed by atoms with Gasteiger partial charge in [-0.2, -0.15) is 0 Å². The van der Waals surface area contributed by atoms with E-state index in [9.17, 15) is 0 Å². The first-order valence-corrected chi connectivity index (χ1v) is 6.81. The van der Waals surface area contributed by atoms with Crippen LogP contribution in [0.1, 0.15) is 31.7 Å². The lowest BCUT2D eigenvalue weighted by atomic mass is 10.1. The Bertz CT molecular complexity index is 499. The molecule has 0 saturated carbocycles. The van der Waals surface area contributed by atoms with Crippen molar-refractivity contribution in [3.63, 3.8) is 0 Å². The Morgan fingerprint density at radius 2 is 2.17 bits per heavy atom. The van der Waals surface area contributed by atoms with Crippen LogP contribution in [0.25, 0.3) is 11.0 Å². The van der Waals surface area contributed by atoms with Gasteiger partial charge in [0.15, 0.2) is 0 Å². The molecule has 0 atom stereocenters. The van der Waals surface area contributed by atoms with Crippen molar-refractivity contribution in [3.8, 4) is 0 Å². The smallest absolute Gasteiger partial charge is 0.107 e. The maximum Gasteiger partial charge on any atom is 0.107 e. The number of benzene rings is 1. The van der Waals surface area contributed by atoms with Crippen LogP contribution in [0.5, 0.6) is 0 Å². The quantitative estimate of drug-likeness (QED) is 0.768. The van der Waals surface area contributed by atoms with Crippen molar-refractivity contribution in [1.29, 1.82) is 0 Å². The van der Waals surface area contributed by atoms with Gasteiger partial charge in [0.1, 0.15) is 5.82 Å². The highest BCUT2D eigenvalue weighted by molar-refractivity contribution is 5.75. The Morgan fingerprint density at radius 1 is 1.33 bits per heavy atom. The predicted octanol–water partition coefficient (Wildman–Crippen LogP) is 2.91. The third-order valence-corrected chi connectivity index (χ3v) is 3.09. The molecule has 1 aromatic heterocycles. The molecule has 3 nitrogen and oxygen atoms in total. The molecule has 2 aromatic rings. The van der Waals surface area contributed by atoms with Crippen molar-refractivity contribution in [2.45, 2.75) is 33.1 Å². The van der Waals surface area contributed by atoms with E-state index in [-0.39, 0.29) is 0 Å². The minimum atomic E-state index is 0.640. The zero-order valence-electron chi connectivity index (χ0n) is 11.6. The highest BCUT2D eigenvalue weighted by Gasteiger charge is 2.05. The molecule has 0 bridgehead atoms. The minimum absolute atomic E-state index is 0.640. The molecule has 0 saturated heterocycles. The van der Waals surface area contributed by atoms with Crippen LogP contribution in [-0.2, 0) is 12.8 Å². The molecule has 0 aliphatic rings. The van der Waals surface area contributed by atoms with Crippen molar-refractivity contribution in [2.75, 3.05) is 13.6 Å². The Balaban J connectivity index is 2.12. The molecule has 18 heavy (non-hydrogen) atoms. The summed E-state index contributed by atoms with van der Waals surface area (Å²) < 4.78 is 0. The third-order valence-electron chi connectivity index (χ3n) is 3.09. The van der Waals surface area contributed by atoms with Crippen LogP contribution in [0.15, 0.2) is 18.2 Å². The third kappa shape index (κ3) is 3.33. The Morgan fingerprint density at radius 3 is 2.89 bits per heavy atom. The van der Waals surface area contributed by atoms with Crippen LogP contribution in [0.3, 0.4) is 0 Å². The number of nitrogens with one attached hydrogen (secondary N) is 2. The maximum absolute atomic E-state index is 4.62. The molecule has 0 spiro atoms. The fourth-order valence-electron chi connectivity index (χ4n) is 2.22. The molecule has 0 fully saturated rings. The molecule has 0 aliphatic carbocycles. The number of aromatic amines is 1. The molecule has 1 heterocycles. The highest BCUT2D eigenvalue weighted by Crippen LogP contribution is 2.16. The average Bonchev–Trinajstić information content (AvgIpc) is 2.69. The van der Waals surface area contributed by atoms with Crippen LogP contribution in [-0.4, -0.2) is 23.6 Å². The first-order valence-electron chi connectivity index (χ1n) is 6.81. The molecule has 0 unspecified atom stereocenters. The number of nitrogens with zero attached hydrogens (tertiary/aromatic N) is 1. The second kappa shape index (κ2) is 6.01. The number of imidazole rings is 1. The molecule has 1 aromatic carbocycles. The Hall–Kier alpha value is -1.35. The van der Waals surface area contributed by atoms with Crippen LogP contribution < -0.4 is 5.32 Å². The van der Waals surface area contributed by atoms with Gasteiger partial charge >= 0.3 is 0 Å². The monoisotopic (exact) mass is 245 g/mol. The number of aryl methyl sites for hydroxylation is 1. The normalized spacial score (nSPS) is 11.6. The summed E-state index contributed by atoms with van der Waals surface area (Å²) in [5.41, 5.74) is 3.65. The van der Waals surface area contributed by atoms with E-state index in [1.807, 2.05) is 7.05 Å². The summed E-state index contributed by atoms with van der Waals surface area (Å²) in [6, 6.07) is 6.56. The lowest BCUT2D eigenvalue weighted by Gasteiger charge is -2.00. The molecule has 0 radical (unpaired) electrons. The van der Waals surface area contributed by atoms with Crippen LogP contribution in [0.2, 0.25) is 0 Å². The first kappa shape index (κ1) is 13.1. The summed E-state index contributed by atoms with van der Waals surface area (Å²) in [5.74, 6) is 1.74. The Kier molecular flexibility index (Phi) is 4.37. The number of fused-ring (bicyclic) bond motifs is 1. The van der Waals surface area contributed by atoms with Crippen LogP contribution >= 0.6 is 0 Å². The minimum Gasteiger partial charge on any atom is -0.342 e. The zero-order valence-corrected chi connectivity index (χ0v) is 11.6. The second-order valence-electron chi connectivity index (χ2n) is 5.34. The maximum atomic E-state index is 4.62. The zero-order chi connectivity index (χ0) is 13.0. The van der Waals surface area contributed by atoms with E-state index < -0.39 is 0 Å². The van der Waals surface area contributed by atoms with Crippen molar-refractivity contribution in [1.82, 2.24) is 15.3 Å². The van der Waals surface area contributed by atoms with Gasteiger partial charge in [-0.15, -0.1) is 0 Å². The van der Waals surface area contributed by atoms with Gasteiger partial charge in [0.2, 0.25) is 0 Å². The average molecular weight is 245 g/mol. The molecule has 3 heteroatoms. The van der Waals surface area contributed by atoms with Crippen molar-refractivity contribution in [2.24, 2.45) is 5.92 Å². The van der Waals surface area contributed by atoms with Crippen molar-refractivity contribution in [3.05, 3.63) is 29.6 Å². The van der Waals surface area contributed by atoms with Gasteiger partial charge in [0.05, 0.1) is 11.0 Å². The van der Waals surface area contributed by atoms with E-state index in [4.69, 9.17) is 0 Å². The topological polar surface area (TPSA) is 40.7 Å². The van der Waals surface area contributed by atoms with E-state index in [1.165, 1.54) is 17.5 Å². The fourth-order valence-corrected chi connectivity index (χ4v) is 2.22. The van der Waals surface area contributed by atoms with Crippen molar-refractivity contribution < 1.29 is 0 Å². The molecular weight excluding hydrogens is 222 g/mol. The van der Waals surface area contributed by atoms with E-state index >= 15 is 0 Å². The van der Waals surface area contributed by atoms with Gasteiger partial charge in [-0.3, -0.25) is 0 Å². The van der Waals surface area contributed by atoms with E-state index in [0.29, 0.717) is 5.92 Å². The summed E-state index contributed by atoms with van der Waals surface area (Å²) in [4.78, 5) is 8.05. The SMILES string of the molecule is CNCCCc1ccc2nc(CC(C)C)[nH]c2c1. The van der Waals surface area contributed by atoms with E-state index in [0.717, 1.165) is 30.7 Å². The van der Waals surface area contributed by atoms with Crippen LogP contribution in [0, 0.1) is 5.92 Å². The number of aromatic nitrogens is 2. The number of hydrogen-bond donors (Lipinski definition) is 2. The summed E-state index contributed by atoms with van der Waals surface area (Å²) in [6.07, 6.45) is 3.31. The van der Waals surface area contributed by atoms with Crippen molar-refractivity contribution >= 4 is 11.0 Å². The molecule has 0 amide bonds. The lowest BCUT2D eigenvalue weighted by molar-refractivity contribution is 0.627.